The maximum atomic E-state index is 13.1. The van der Waals surface area contributed by atoms with Gasteiger partial charge in [0.25, 0.3) is 0 Å². The number of amides is 1. The van der Waals surface area contributed by atoms with E-state index >= 15 is 0 Å². The maximum absolute atomic E-state index is 13.1. The van der Waals surface area contributed by atoms with Gasteiger partial charge in [-0.15, -0.1) is 0 Å². The molecule has 12 nitrogen and oxygen atoms in total. The molecular weight excluding hydrogens is 598 g/mol. The molecule has 252 valence electrons. The number of piperidine rings is 1. The second-order valence-electron chi connectivity index (χ2n) is 11.0. The summed E-state index contributed by atoms with van der Waals surface area (Å²) in [6.45, 7) is 12.7. The Morgan fingerprint density at radius 3 is 2.49 bits per heavy atom. The molecule has 0 saturated carbocycles. The Kier molecular flexibility index (Phi) is 14.6. The summed E-state index contributed by atoms with van der Waals surface area (Å²) >= 11 is 0. The van der Waals surface area contributed by atoms with Crippen molar-refractivity contribution in [3.63, 3.8) is 0 Å². The number of likely N-dealkylation sites (tertiary alicyclic amines) is 1. The number of unbranched alkanes of at least 4 members (excludes halogenated alkanes) is 2. The van der Waals surface area contributed by atoms with Crippen molar-refractivity contribution >= 4 is 22.8 Å². The molecular formula is C35H47N7O5. The van der Waals surface area contributed by atoms with E-state index in [1.807, 2.05) is 39.9 Å². The fraction of sp³-hybridized carbons (Fsp3) is 0.429. The van der Waals surface area contributed by atoms with Crippen molar-refractivity contribution in [2.75, 3.05) is 65.0 Å². The fourth-order valence-corrected chi connectivity index (χ4v) is 5.23. The second kappa shape index (κ2) is 19.3. The van der Waals surface area contributed by atoms with Crippen molar-refractivity contribution in [2.45, 2.75) is 38.1 Å². The van der Waals surface area contributed by atoms with Gasteiger partial charge in [-0.25, -0.2) is 14.6 Å². The number of ether oxygens (including phenoxy) is 4. The molecule has 3 heterocycles. The van der Waals surface area contributed by atoms with E-state index in [1.165, 1.54) is 6.33 Å². The minimum atomic E-state index is -0.0474. The number of hydrogen-bond acceptors (Lipinski definition) is 10. The lowest BCUT2D eigenvalue weighted by Crippen LogP contribution is -2.40. The molecule has 0 radical (unpaired) electrons. The Morgan fingerprint density at radius 1 is 1.00 bits per heavy atom. The lowest BCUT2D eigenvalue weighted by molar-refractivity contribution is -0.127. The highest BCUT2D eigenvalue weighted by molar-refractivity contribution is 5.98. The first-order chi connectivity index (χ1) is 23.0. The zero-order valence-electron chi connectivity index (χ0n) is 27.1. The zero-order chi connectivity index (χ0) is 33.3. The molecule has 4 N–H and O–H groups in total. The molecule has 0 aliphatic carbocycles. The summed E-state index contributed by atoms with van der Waals surface area (Å²) in [5, 5.41) is 5.67. The summed E-state index contributed by atoms with van der Waals surface area (Å²) in [6.07, 6.45) is 14.6. The molecule has 4 rings (SSSR count). The van der Waals surface area contributed by atoms with E-state index in [0.717, 1.165) is 37.7 Å². The van der Waals surface area contributed by atoms with E-state index < -0.39 is 0 Å². The number of fused-ring (bicyclic) bond motifs is 1. The molecule has 1 unspecified atom stereocenters. The Labute approximate surface area is 276 Å². The van der Waals surface area contributed by atoms with Crippen LogP contribution in [0, 0.1) is 0 Å². The van der Waals surface area contributed by atoms with E-state index in [0.29, 0.717) is 93.3 Å². The SMILES string of the molecule is C=C/C=C\C(=C)Oc1ccc(-c2nn(C3CCCN(C(=O)/C=C/CCCCOCCOCCOCCN)C3)c3ncnc(N)c23)cc1. The lowest BCUT2D eigenvalue weighted by Gasteiger charge is -2.32. The van der Waals surface area contributed by atoms with Crippen LogP contribution in [0.15, 0.2) is 79.9 Å². The number of rotatable bonds is 20. The smallest absolute Gasteiger partial charge is 0.246 e. The quantitative estimate of drug-likeness (QED) is 0.0771. The fourth-order valence-electron chi connectivity index (χ4n) is 5.23. The summed E-state index contributed by atoms with van der Waals surface area (Å²) in [4.78, 5) is 23.8. The molecule has 0 bridgehead atoms. The molecule has 1 amide bonds. The normalized spacial score (nSPS) is 15.2. The number of nitrogens with two attached hydrogens (primary N) is 2. The Balaban J connectivity index is 1.28. The minimum Gasteiger partial charge on any atom is -0.458 e. The monoisotopic (exact) mass is 645 g/mol. The van der Waals surface area contributed by atoms with E-state index in [4.69, 9.17) is 35.5 Å². The molecule has 1 aromatic carbocycles. The van der Waals surface area contributed by atoms with Gasteiger partial charge in [-0.3, -0.25) is 4.79 Å². The van der Waals surface area contributed by atoms with Crippen molar-refractivity contribution in [1.82, 2.24) is 24.6 Å². The predicted molar refractivity (Wildman–Crippen MR) is 184 cm³/mol. The van der Waals surface area contributed by atoms with E-state index in [2.05, 4.69) is 23.1 Å². The van der Waals surface area contributed by atoms with Crippen LogP contribution in [-0.2, 0) is 19.0 Å². The van der Waals surface area contributed by atoms with Gasteiger partial charge in [0.2, 0.25) is 5.91 Å². The highest BCUT2D eigenvalue weighted by Gasteiger charge is 2.28. The maximum Gasteiger partial charge on any atom is 0.246 e. The van der Waals surface area contributed by atoms with Crippen LogP contribution in [-0.4, -0.2) is 89.8 Å². The van der Waals surface area contributed by atoms with Crippen molar-refractivity contribution in [1.29, 1.82) is 0 Å². The summed E-state index contributed by atoms with van der Waals surface area (Å²) in [6, 6.07) is 7.50. The molecule has 1 atom stereocenters. The molecule has 3 aromatic rings. The van der Waals surface area contributed by atoms with Gasteiger partial charge in [0.1, 0.15) is 29.3 Å². The summed E-state index contributed by atoms with van der Waals surface area (Å²) in [5.41, 5.74) is 13.9. The molecule has 1 aliphatic heterocycles. The zero-order valence-corrected chi connectivity index (χ0v) is 27.1. The Hall–Kier alpha value is -4.36. The first-order valence-corrected chi connectivity index (χ1v) is 16.2. The third-order valence-corrected chi connectivity index (χ3v) is 7.54. The van der Waals surface area contributed by atoms with Gasteiger partial charge in [-0.2, -0.15) is 5.10 Å². The molecule has 47 heavy (non-hydrogen) atoms. The Morgan fingerprint density at radius 2 is 1.74 bits per heavy atom. The van der Waals surface area contributed by atoms with Crippen LogP contribution in [0.2, 0.25) is 0 Å². The Bertz CT molecular complexity index is 1500. The van der Waals surface area contributed by atoms with Gasteiger partial charge >= 0.3 is 0 Å². The highest BCUT2D eigenvalue weighted by atomic mass is 16.5. The number of hydrogen-bond donors (Lipinski definition) is 2. The van der Waals surface area contributed by atoms with E-state index in [9.17, 15) is 4.79 Å². The lowest BCUT2D eigenvalue weighted by atomic mass is 10.1. The van der Waals surface area contributed by atoms with Crippen molar-refractivity contribution in [3.05, 3.63) is 79.9 Å². The number of nitrogens with zero attached hydrogens (tertiary/aromatic N) is 5. The summed E-state index contributed by atoms with van der Waals surface area (Å²) in [5.74, 6) is 1.50. The number of carbonyl (C=O) groups is 1. The van der Waals surface area contributed by atoms with Crippen LogP contribution in [0.3, 0.4) is 0 Å². The third-order valence-electron chi connectivity index (χ3n) is 7.54. The predicted octanol–water partition coefficient (Wildman–Crippen LogP) is 4.61. The van der Waals surface area contributed by atoms with Crippen molar-refractivity contribution in [3.8, 4) is 17.0 Å². The van der Waals surface area contributed by atoms with Crippen LogP contribution in [0.1, 0.15) is 38.1 Å². The molecule has 12 heteroatoms. The van der Waals surface area contributed by atoms with Crippen LogP contribution >= 0.6 is 0 Å². The standard InChI is InChI=1S/C35H47N7O5/c1-3-4-10-27(2)47-30-15-13-28(14-16-30)33-32-34(37)38-26-39-35(32)42(40-33)29-11-9-18-41(25-29)31(43)12-7-5-6-8-19-44-21-23-46-24-22-45-20-17-36/h3-4,7,10,12-16,26,29H,1-2,5-6,8-9,11,17-25,36H2,(H2,37,38,39)/b10-4-,12-7+. The van der Waals surface area contributed by atoms with Crippen molar-refractivity contribution < 1.29 is 23.7 Å². The van der Waals surface area contributed by atoms with Crippen LogP contribution in [0.5, 0.6) is 5.75 Å². The number of allylic oxidation sites excluding steroid dienone is 4. The number of nitrogen functional groups attached to an aromatic ring is 1. The van der Waals surface area contributed by atoms with E-state index in [-0.39, 0.29) is 11.9 Å². The number of anilines is 1. The second-order valence-corrected chi connectivity index (χ2v) is 11.0. The largest absolute Gasteiger partial charge is 0.458 e. The summed E-state index contributed by atoms with van der Waals surface area (Å²) in [7, 11) is 0. The van der Waals surface area contributed by atoms with Gasteiger partial charge in [-0.1, -0.05) is 31.4 Å². The molecule has 2 aromatic heterocycles. The third kappa shape index (κ3) is 10.9. The molecule has 1 aliphatic rings. The van der Waals surface area contributed by atoms with Gasteiger partial charge in [0.05, 0.1) is 44.5 Å². The summed E-state index contributed by atoms with van der Waals surface area (Å²) < 4.78 is 24.0. The van der Waals surface area contributed by atoms with Crippen LogP contribution in [0.25, 0.3) is 22.3 Å². The number of benzene rings is 1. The van der Waals surface area contributed by atoms with Gasteiger partial charge in [-0.05, 0) is 68.5 Å². The average molecular weight is 646 g/mol. The van der Waals surface area contributed by atoms with Gasteiger partial charge in [0.15, 0.2) is 5.65 Å². The molecule has 1 saturated heterocycles. The number of carbonyl (C=O) groups excluding carboxylic acids is 1. The number of aromatic nitrogens is 4. The van der Waals surface area contributed by atoms with Gasteiger partial charge < -0.3 is 35.3 Å². The molecule has 0 spiro atoms. The van der Waals surface area contributed by atoms with Crippen molar-refractivity contribution in [2.24, 2.45) is 5.73 Å². The molecule has 1 fully saturated rings. The topological polar surface area (TPSA) is 153 Å². The van der Waals surface area contributed by atoms with Gasteiger partial charge in [0, 0.05) is 31.8 Å². The van der Waals surface area contributed by atoms with E-state index in [1.54, 1.807) is 24.3 Å². The average Bonchev–Trinajstić information content (AvgIpc) is 3.49. The minimum absolute atomic E-state index is 0.00415. The van der Waals surface area contributed by atoms with Crippen LogP contribution in [0.4, 0.5) is 5.82 Å². The van der Waals surface area contributed by atoms with Crippen LogP contribution < -0.4 is 16.2 Å². The first kappa shape index (κ1) is 35.5. The highest BCUT2D eigenvalue weighted by Crippen LogP contribution is 2.34. The first-order valence-electron chi connectivity index (χ1n) is 16.2.